The molecule has 0 aromatic heterocycles. The maximum Gasteiger partial charge on any atom is -0.00262 e. The van der Waals surface area contributed by atoms with E-state index in [1.807, 2.05) is 0 Å². The number of hydrogen-bond acceptors (Lipinski definition) is 0. The molecule has 234 valence electrons. The minimum atomic E-state index is 1.08. The van der Waals surface area contributed by atoms with E-state index in [1.54, 1.807) is 0 Å². The highest BCUT2D eigenvalue weighted by Gasteiger charge is 2.19. The highest BCUT2D eigenvalue weighted by molar-refractivity contribution is 6.21. The van der Waals surface area contributed by atoms with E-state index in [4.69, 9.17) is 0 Å². The van der Waals surface area contributed by atoms with Crippen LogP contribution in [0.25, 0.3) is 82.0 Å². The lowest BCUT2D eigenvalue weighted by molar-refractivity contribution is 0.978. The zero-order valence-electron chi connectivity index (χ0n) is 27.7. The third-order valence-electron chi connectivity index (χ3n) is 10.7. The van der Waals surface area contributed by atoms with Gasteiger partial charge in [0.1, 0.15) is 0 Å². The molecule has 0 saturated carbocycles. The molecule has 0 saturated heterocycles. The molecule has 0 radical (unpaired) electrons. The number of allylic oxidation sites excluding steroid dienone is 1. The first-order valence-corrected chi connectivity index (χ1v) is 17.7. The van der Waals surface area contributed by atoms with Crippen molar-refractivity contribution in [1.82, 2.24) is 0 Å². The third kappa shape index (κ3) is 4.60. The van der Waals surface area contributed by atoms with Gasteiger partial charge in [-0.05, 0) is 118 Å². The van der Waals surface area contributed by atoms with Crippen LogP contribution in [-0.4, -0.2) is 0 Å². The first-order chi connectivity index (χ1) is 24.8. The van der Waals surface area contributed by atoms with Crippen LogP contribution in [-0.2, 0) is 6.42 Å². The average Bonchev–Trinajstić information content (AvgIpc) is 3.19. The molecule has 50 heavy (non-hydrogen) atoms. The molecule has 0 unspecified atom stereocenters. The molecule has 1 aliphatic carbocycles. The summed E-state index contributed by atoms with van der Waals surface area (Å²) < 4.78 is 0. The van der Waals surface area contributed by atoms with Crippen LogP contribution in [0.2, 0.25) is 0 Å². The van der Waals surface area contributed by atoms with Gasteiger partial charge in [0.05, 0.1) is 0 Å². The van der Waals surface area contributed by atoms with Crippen LogP contribution in [0, 0.1) is 0 Å². The molecule has 0 nitrogen and oxygen atoms in total. The molecule has 0 N–H and O–H groups in total. The van der Waals surface area contributed by atoms with Gasteiger partial charge in [0.25, 0.3) is 0 Å². The summed E-state index contributed by atoms with van der Waals surface area (Å²) in [5.74, 6) is 0. The molecule has 9 aromatic rings. The van der Waals surface area contributed by atoms with Crippen LogP contribution < -0.4 is 0 Å². The van der Waals surface area contributed by atoms with Crippen LogP contribution in [0.4, 0.5) is 0 Å². The largest absolute Gasteiger partial charge is 0.0757 e. The average molecular weight is 635 g/mol. The van der Waals surface area contributed by atoms with E-state index in [9.17, 15) is 0 Å². The fourth-order valence-electron chi connectivity index (χ4n) is 8.44. The summed E-state index contributed by atoms with van der Waals surface area (Å²) >= 11 is 0. The highest BCUT2D eigenvalue weighted by Crippen LogP contribution is 2.45. The molecule has 0 heterocycles. The quantitative estimate of drug-likeness (QED) is 0.169. The number of fused-ring (bicyclic) bond motifs is 5. The molecule has 9 aromatic carbocycles. The van der Waals surface area contributed by atoms with E-state index in [0.29, 0.717) is 0 Å². The number of hydrogen-bond donors (Lipinski definition) is 0. The second-order valence-electron chi connectivity index (χ2n) is 13.5. The summed E-state index contributed by atoms with van der Waals surface area (Å²) in [5, 5.41) is 10.2. The molecule has 0 heteroatoms. The molecule has 0 aliphatic heterocycles. The van der Waals surface area contributed by atoms with E-state index < -0.39 is 0 Å². The molecule has 0 fully saturated rings. The van der Waals surface area contributed by atoms with Crippen LogP contribution in [0.15, 0.2) is 182 Å². The van der Waals surface area contributed by atoms with Crippen LogP contribution in [0.5, 0.6) is 0 Å². The first kappa shape index (κ1) is 28.7. The Bertz CT molecular complexity index is 2740. The minimum Gasteiger partial charge on any atom is -0.0757 e. The zero-order chi connectivity index (χ0) is 33.0. The van der Waals surface area contributed by atoms with Crippen molar-refractivity contribution in [3.63, 3.8) is 0 Å². The van der Waals surface area contributed by atoms with Crippen molar-refractivity contribution in [2.24, 2.45) is 0 Å². The van der Waals surface area contributed by atoms with E-state index in [1.165, 1.54) is 98.7 Å². The van der Waals surface area contributed by atoms with Crippen LogP contribution in [0.1, 0.15) is 23.1 Å². The van der Waals surface area contributed by atoms with Gasteiger partial charge in [-0.15, -0.1) is 0 Å². The van der Waals surface area contributed by atoms with Crippen molar-refractivity contribution in [3.8, 4) is 33.4 Å². The molecule has 0 spiro atoms. The van der Waals surface area contributed by atoms with Gasteiger partial charge in [-0.3, -0.25) is 0 Å². The van der Waals surface area contributed by atoms with Gasteiger partial charge in [0, 0.05) is 0 Å². The smallest absolute Gasteiger partial charge is 0.00262 e. The van der Waals surface area contributed by atoms with Crippen LogP contribution >= 0.6 is 0 Å². The summed E-state index contributed by atoms with van der Waals surface area (Å²) in [4.78, 5) is 0. The Labute approximate surface area is 292 Å². The minimum absolute atomic E-state index is 1.08. The summed E-state index contributed by atoms with van der Waals surface area (Å²) in [5.41, 5.74) is 13.1. The Kier molecular flexibility index (Phi) is 6.74. The summed E-state index contributed by atoms with van der Waals surface area (Å²) in [6.07, 6.45) is 4.62. The Balaban J connectivity index is 1.11. The van der Waals surface area contributed by atoms with Crippen molar-refractivity contribution in [1.29, 1.82) is 0 Å². The van der Waals surface area contributed by atoms with Gasteiger partial charge in [-0.1, -0.05) is 176 Å². The van der Waals surface area contributed by atoms with Crippen molar-refractivity contribution in [2.45, 2.75) is 12.8 Å². The van der Waals surface area contributed by atoms with E-state index in [-0.39, 0.29) is 0 Å². The molecule has 1 aliphatic rings. The predicted octanol–water partition coefficient (Wildman–Crippen LogP) is 13.7. The molecular weight excluding hydrogens is 601 g/mol. The third-order valence-corrected chi connectivity index (χ3v) is 10.7. The van der Waals surface area contributed by atoms with Gasteiger partial charge < -0.3 is 0 Å². The molecule has 0 amide bonds. The Morgan fingerprint density at radius 3 is 1.52 bits per heavy atom. The van der Waals surface area contributed by atoms with Gasteiger partial charge >= 0.3 is 0 Å². The predicted molar refractivity (Wildman–Crippen MR) is 215 cm³/mol. The molecular formula is C50H34. The maximum absolute atomic E-state index is 2.43. The second-order valence-corrected chi connectivity index (χ2v) is 13.5. The number of aryl methyl sites for hydroxylation is 1. The Hall–Kier alpha value is -6.24. The lowest BCUT2D eigenvalue weighted by atomic mass is 9.83. The normalized spacial score (nSPS) is 12.8. The van der Waals surface area contributed by atoms with Crippen molar-refractivity contribution < 1.29 is 0 Å². The number of rotatable bonds is 4. The second kappa shape index (κ2) is 11.7. The molecule has 0 bridgehead atoms. The van der Waals surface area contributed by atoms with Gasteiger partial charge in [0.15, 0.2) is 0 Å². The topological polar surface area (TPSA) is 0 Å². The monoisotopic (exact) mass is 634 g/mol. The maximum atomic E-state index is 2.43. The van der Waals surface area contributed by atoms with Crippen molar-refractivity contribution in [2.75, 3.05) is 0 Å². The van der Waals surface area contributed by atoms with Crippen molar-refractivity contribution in [3.05, 3.63) is 199 Å². The fourth-order valence-corrected chi connectivity index (χ4v) is 8.44. The van der Waals surface area contributed by atoms with Crippen molar-refractivity contribution >= 4 is 48.7 Å². The fraction of sp³-hybridized carbons (Fsp3) is 0.0400. The Morgan fingerprint density at radius 2 is 0.820 bits per heavy atom. The van der Waals surface area contributed by atoms with Gasteiger partial charge in [-0.2, -0.15) is 0 Å². The van der Waals surface area contributed by atoms with E-state index in [2.05, 4.69) is 182 Å². The summed E-state index contributed by atoms with van der Waals surface area (Å²) in [6, 6.07) is 65.1. The van der Waals surface area contributed by atoms with Gasteiger partial charge in [0.2, 0.25) is 0 Å². The first-order valence-electron chi connectivity index (χ1n) is 17.7. The summed E-state index contributed by atoms with van der Waals surface area (Å²) in [7, 11) is 0. The SMILES string of the molecule is C1=C(c2ccc(-c3ccc(-c4c5ccccc5c(-c5ccc6ccccc6c5)c5ccccc45)cc3)c3ccccc23)c2ccccc2CC1. The highest BCUT2D eigenvalue weighted by atomic mass is 14.2. The van der Waals surface area contributed by atoms with E-state index >= 15 is 0 Å². The van der Waals surface area contributed by atoms with Gasteiger partial charge in [-0.25, -0.2) is 0 Å². The standard InChI is InChI=1S/C50H34/c1-2-14-37-32-38(29-24-33(37)12-1)50-47-21-9-7-19-45(47)49(46-20-8-10-22-48(46)50)36-27-25-35(26-28-36)40-30-31-44(43-18-6-5-17-41(40)43)42-23-11-15-34-13-3-4-16-39(34)42/h1-10,12-14,16-32H,11,15H2. The molecule has 0 atom stereocenters. The zero-order valence-corrected chi connectivity index (χ0v) is 27.7. The lowest BCUT2D eigenvalue weighted by Gasteiger charge is -2.20. The summed E-state index contributed by atoms with van der Waals surface area (Å²) in [6.45, 7) is 0. The number of benzene rings is 9. The van der Waals surface area contributed by atoms with Crippen LogP contribution in [0.3, 0.4) is 0 Å². The Morgan fingerprint density at radius 1 is 0.320 bits per heavy atom. The lowest BCUT2D eigenvalue weighted by Crippen LogP contribution is -2.01. The van der Waals surface area contributed by atoms with E-state index in [0.717, 1.165) is 12.8 Å². The molecule has 10 rings (SSSR count).